The largest absolute Gasteiger partial charge is 0.327 e. The first kappa shape index (κ1) is 11.6. The molecule has 1 aromatic rings. The van der Waals surface area contributed by atoms with E-state index in [0.29, 0.717) is 6.04 Å². The van der Waals surface area contributed by atoms with Gasteiger partial charge in [0.15, 0.2) is 0 Å². The average molecular weight is 218 g/mol. The Morgan fingerprint density at radius 1 is 1.31 bits per heavy atom. The second-order valence-corrected chi connectivity index (χ2v) is 4.76. The summed E-state index contributed by atoms with van der Waals surface area (Å²) < 4.78 is 0. The highest BCUT2D eigenvalue weighted by Gasteiger charge is 2.17. The van der Waals surface area contributed by atoms with E-state index in [1.165, 1.54) is 30.5 Å². The van der Waals surface area contributed by atoms with E-state index in [1.807, 2.05) is 0 Å². The molecule has 16 heavy (non-hydrogen) atoms. The van der Waals surface area contributed by atoms with Crippen LogP contribution in [0.1, 0.15) is 30.9 Å². The highest BCUT2D eigenvalue weighted by atomic mass is 15.1. The molecule has 1 aromatic carbocycles. The van der Waals surface area contributed by atoms with Gasteiger partial charge in [-0.1, -0.05) is 31.2 Å². The summed E-state index contributed by atoms with van der Waals surface area (Å²) in [6.45, 7) is 5.54. The zero-order valence-electron chi connectivity index (χ0n) is 10.2. The summed E-state index contributed by atoms with van der Waals surface area (Å²) in [7, 11) is 0. The molecule has 0 radical (unpaired) electrons. The van der Waals surface area contributed by atoms with E-state index >= 15 is 0 Å². The van der Waals surface area contributed by atoms with Crippen molar-refractivity contribution in [1.29, 1.82) is 0 Å². The van der Waals surface area contributed by atoms with Crippen LogP contribution >= 0.6 is 0 Å². The second-order valence-electron chi connectivity index (χ2n) is 4.76. The van der Waals surface area contributed by atoms with Crippen LogP contribution in [-0.4, -0.2) is 24.0 Å². The Labute approximate surface area is 98.4 Å². The maximum absolute atomic E-state index is 6.01. The lowest BCUT2D eigenvalue weighted by atomic mass is 10.0. The molecule has 0 saturated carbocycles. The predicted molar refractivity (Wildman–Crippen MR) is 68.3 cm³/mol. The highest BCUT2D eigenvalue weighted by molar-refractivity contribution is 5.26. The Bertz CT molecular complexity index is 335. The van der Waals surface area contributed by atoms with E-state index in [1.54, 1.807) is 0 Å². The minimum Gasteiger partial charge on any atom is -0.327 e. The van der Waals surface area contributed by atoms with Gasteiger partial charge >= 0.3 is 0 Å². The van der Waals surface area contributed by atoms with E-state index in [9.17, 15) is 0 Å². The Morgan fingerprint density at radius 2 is 2.06 bits per heavy atom. The molecule has 2 heteroatoms. The molecule has 1 fully saturated rings. The van der Waals surface area contributed by atoms with Crippen molar-refractivity contribution in [2.45, 2.75) is 38.8 Å². The third kappa shape index (κ3) is 2.83. The van der Waals surface area contributed by atoms with Gasteiger partial charge in [0.05, 0.1) is 0 Å². The minimum absolute atomic E-state index is 0.377. The number of nitrogens with zero attached hydrogens (tertiary/aromatic N) is 1. The van der Waals surface area contributed by atoms with Crippen LogP contribution in [0.5, 0.6) is 0 Å². The van der Waals surface area contributed by atoms with Crippen molar-refractivity contribution in [3.8, 4) is 0 Å². The Kier molecular flexibility index (Phi) is 3.97. The Morgan fingerprint density at radius 3 is 2.75 bits per heavy atom. The Hall–Kier alpha value is -0.860. The number of hydrogen-bond acceptors (Lipinski definition) is 2. The molecule has 1 aliphatic heterocycles. The number of piperidine rings is 1. The first-order valence-corrected chi connectivity index (χ1v) is 6.34. The fraction of sp³-hybridized carbons (Fsp3) is 0.571. The van der Waals surface area contributed by atoms with Crippen molar-refractivity contribution in [2.75, 3.05) is 13.1 Å². The molecule has 1 unspecified atom stereocenters. The van der Waals surface area contributed by atoms with Gasteiger partial charge in [-0.3, -0.25) is 4.90 Å². The summed E-state index contributed by atoms with van der Waals surface area (Å²) in [6, 6.07) is 9.13. The molecule has 2 rings (SSSR count). The monoisotopic (exact) mass is 218 g/mol. The molecule has 2 N–H and O–H groups in total. The molecule has 1 atom stereocenters. The lowest BCUT2D eigenvalue weighted by molar-refractivity contribution is 0.201. The highest BCUT2D eigenvalue weighted by Crippen LogP contribution is 2.16. The molecule has 1 aliphatic rings. The number of likely N-dealkylation sites (tertiary alicyclic amines) is 1. The van der Waals surface area contributed by atoms with Crippen LogP contribution in [0.4, 0.5) is 0 Å². The van der Waals surface area contributed by atoms with Crippen LogP contribution < -0.4 is 5.73 Å². The van der Waals surface area contributed by atoms with Crippen LogP contribution in [0.15, 0.2) is 24.3 Å². The number of aryl methyl sites for hydroxylation is 1. The zero-order valence-corrected chi connectivity index (χ0v) is 10.2. The summed E-state index contributed by atoms with van der Waals surface area (Å²) in [5.74, 6) is 0. The van der Waals surface area contributed by atoms with Gasteiger partial charge in [0.2, 0.25) is 0 Å². The zero-order chi connectivity index (χ0) is 11.4. The second kappa shape index (κ2) is 5.46. The molecule has 0 aromatic heterocycles. The fourth-order valence-electron chi connectivity index (χ4n) is 2.53. The first-order valence-electron chi connectivity index (χ1n) is 6.34. The fourth-order valence-corrected chi connectivity index (χ4v) is 2.53. The van der Waals surface area contributed by atoms with Crippen LogP contribution in [0, 0.1) is 0 Å². The van der Waals surface area contributed by atoms with Crippen molar-refractivity contribution >= 4 is 0 Å². The topological polar surface area (TPSA) is 29.3 Å². The van der Waals surface area contributed by atoms with Crippen molar-refractivity contribution in [1.82, 2.24) is 4.90 Å². The van der Waals surface area contributed by atoms with Crippen LogP contribution in [0.3, 0.4) is 0 Å². The standard InChI is InChI=1S/C14H22N2/c1-2-12-6-3-4-7-13(12)10-16-9-5-8-14(15)11-16/h3-4,6-7,14H,2,5,8-11,15H2,1H3. The number of nitrogens with two attached hydrogens (primary N) is 1. The van der Waals surface area contributed by atoms with Gasteiger partial charge in [-0.15, -0.1) is 0 Å². The summed E-state index contributed by atoms with van der Waals surface area (Å²) in [6.07, 6.45) is 3.55. The molecular weight excluding hydrogens is 196 g/mol. The molecule has 0 aliphatic carbocycles. The van der Waals surface area contributed by atoms with Gasteiger partial charge in [-0.25, -0.2) is 0 Å². The minimum atomic E-state index is 0.377. The molecule has 1 saturated heterocycles. The SMILES string of the molecule is CCc1ccccc1CN1CCCC(N)C1. The quantitative estimate of drug-likeness (QED) is 0.842. The smallest absolute Gasteiger partial charge is 0.0237 e. The van der Waals surface area contributed by atoms with Crippen molar-refractivity contribution in [2.24, 2.45) is 5.73 Å². The van der Waals surface area contributed by atoms with E-state index in [4.69, 9.17) is 5.73 Å². The summed E-state index contributed by atoms with van der Waals surface area (Å²) in [5, 5.41) is 0. The van der Waals surface area contributed by atoms with Crippen molar-refractivity contribution < 1.29 is 0 Å². The van der Waals surface area contributed by atoms with E-state index in [-0.39, 0.29) is 0 Å². The molecule has 0 bridgehead atoms. The number of benzene rings is 1. The maximum atomic E-state index is 6.01. The van der Waals surface area contributed by atoms with Gasteiger partial charge in [0.25, 0.3) is 0 Å². The first-order chi connectivity index (χ1) is 7.79. The average Bonchev–Trinajstić information content (AvgIpc) is 2.30. The summed E-state index contributed by atoms with van der Waals surface area (Å²) >= 11 is 0. The summed E-state index contributed by atoms with van der Waals surface area (Å²) in [5.41, 5.74) is 8.95. The number of rotatable bonds is 3. The molecule has 0 amide bonds. The van der Waals surface area contributed by atoms with E-state index < -0.39 is 0 Å². The molecule has 2 nitrogen and oxygen atoms in total. The molecule has 1 heterocycles. The normalized spacial score (nSPS) is 22.2. The lowest BCUT2D eigenvalue weighted by Crippen LogP contribution is -2.42. The van der Waals surface area contributed by atoms with Crippen LogP contribution in [0.2, 0.25) is 0 Å². The third-order valence-electron chi connectivity index (χ3n) is 3.44. The van der Waals surface area contributed by atoms with Crippen LogP contribution in [-0.2, 0) is 13.0 Å². The van der Waals surface area contributed by atoms with Gasteiger partial charge in [-0.2, -0.15) is 0 Å². The Balaban J connectivity index is 2.02. The van der Waals surface area contributed by atoms with Crippen molar-refractivity contribution in [3.05, 3.63) is 35.4 Å². The molecular formula is C14H22N2. The molecule has 0 spiro atoms. The van der Waals surface area contributed by atoms with Gasteiger partial charge < -0.3 is 5.73 Å². The third-order valence-corrected chi connectivity index (χ3v) is 3.44. The number of hydrogen-bond donors (Lipinski definition) is 1. The molecule has 88 valence electrons. The van der Waals surface area contributed by atoms with Gasteiger partial charge in [0, 0.05) is 19.1 Å². The van der Waals surface area contributed by atoms with Crippen LogP contribution in [0.25, 0.3) is 0 Å². The van der Waals surface area contributed by atoms with Crippen molar-refractivity contribution in [3.63, 3.8) is 0 Å². The lowest BCUT2D eigenvalue weighted by Gasteiger charge is -2.31. The summed E-state index contributed by atoms with van der Waals surface area (Å²) in [4.78, 5) is 2.49. The van der Waals surface area contributed by atoms with E-state index in [0.717, 1.165) is 19.5 Å². The maximum Gasteiger partial charge on any atom is 0.0237 e. The van der Waals surface area contributed by atoms with Gasteiger partial charge in [0.1, 0.15) is 0 Å². The predicted octanol–water partition coefficient (Wildman–Crippen LogP) is 2.17. The van der Waals surface area contributed by atoms with E-state index in [2.05, 4.69) is 36.1 Å². The van der Waals surface area contributed by atoms with Gasteiger partial charge in [-0.05, 0) is 36.9 Å².